The van der Waals surface area contributed by atoms with Crippen LogP contribution >= 0.6 is 0 Å². The first-order chi connectivity index (χ1) is 9.28. The van der Waals surface area contributed by atoms with Gasteiger partial charge in [-0.3, -0.25) is 0 Å². The van der Waals surface area contributed by atoms with Crippen LogP contribution in [-0.4, -0.2) is 60.1 Å². The summed E-state index contributed by atoms with van der Waals surface area (Å²) in [6.45, 7) is 0. The van der Waals surface area contributed by atoms with E-state index in [2.05, 4.69) is 0 Å². The summed E-state index contributed by atoms with van der Waals surface area (Å²) < 4.78 is 20.7. The van der Waals surface area contributed by atoms with E-state index in [0.29, 0.717) is 0 Å². The maximum atomic E-state index is 5.19. The van der Waals surface area contributed by atoms with E-state index in [1.165, 1.54) is 30.6 Å². The molecule has 116 valence electrons. The van der Waals surface area contributed by atoms with Gasteiger partial charge in [0.1, 0.15) is 0 Å². The number of hydrogen-bond donors (Lipinski definition) is 0. The van der Waals surface area contributed by atoms with Gasteiger partial charge in [0.05, 0.1) is 0 Å². The van der Waals surface area contributed by atoms with Gasteiger partial charge in [-0.05, 0) is 12.8 Å². The molecule has 6 heteroatoms. The second-order valence-electron chi connectivity index (χ2n) is 4.85. The van der Waals surface area contributed by atoms with Gasteiger partial charge < -0.3 is 18.9 Å². The van der Waals surface area contributed by atoms with Crippen LogP contribution in [0.2, 0.25) is 24.2 Å². The summed E-state index contributed by atoms with van der Waals surface area (Å²) in [6.07, 6.45) is 3.61. The van der Waals surface area contributed by atoms with Crippen molar-refractivity contribution in [2.24, 2.45) is 0 Å². The maximum Gasteiger partial charge on any atom is 0.156 e. The van der Waals surface area contributed by atoms with Crippen molar-refractivity contribution in [1.82, 2.24) is 0 Å². The molecule has 0 amide bonds. The molecule has 0 spiro atoms. The lowest BCUT2D eigenvalue weighted by molar-refractivity contribution is -0.103. The fourth-order valence-electron chi connectivity index (χ4n) is 2.17. The predicted octanol–water partition coefficient (Wildman–Crippen LogP) is 1.41. The molecule has 0 saturated carbocycles. The normalized spacial score (nSPS) is 12.9. The third-order valence-corrected chi connectivity index (χ3v) is 7.25. The minimum Gasteiger partial charge on any atom is -0.356 e. The van der Waals surface area contributed by atoms with Crippen LogP contribution in [0.3, 0.4) is 0 Å². The first-order valence-electron chi connectivity index (χ1n) is 7.39. The Kier molecular flexibility index (Phi) is 14.9. The third-order valence-electron chi connectivity index (χ3n) is 3.43. The zero-order chi connectivity index (χ0) is 14.3. The Hall–Kier alpha value is 0.274. The van der Waals surface area contributed by atoms with Gasteiger partial charge in [-0.2, -0.15) is 0 Å². The van der Waals surface area contributed by atoms with E-state index in [1.54, 1.807) is 28.4 Å². The molecule has 0 bridgehead atoms. The van der Waals surface area contributed by atoms with Crippen molar-refractivity contribution in [3.05, 3.63) is 0 Å². The predicted molar refractivity (Wildman–Crippen MR) is 85.8 cm³/mol. The number of ether oxygens (including phenoxy) is 4. The van der Waals surface area contributed by atoms with Crippen LogP contribution in [0.4, 0.5) is 0 Å². The van der Waals surface area contributed by atoms with E-state index in [-0.39, 0.29) is 31.6 Å². The molecule has 0 aliphatic carbocycles. The molecule has 0 aromatic rings. The van der Waals surface area contributed by atoms with Gasteiger partial charge in [0.25, 0.3) is 0 Å². The Morgan fingerprint density at radius 2 is 1.00 bits per heavy atom. The Bertz CT molecular complexity index is 158. The highest BCUT2D eigenvalue weighted by Crippen LogP contribution is 2.07. The van der Waals surface area contributed by atoms with E-state index >= 15 is 0 Å². The molecule has 0 aromatic carbocycles. The molecule has 19 heavy (non-hydrogen) atoms. The molecule has 0 rings (SSSR count). The van der Waals surface area contributed by atoms with E-state index in [9.17, 15) is 0 Å². The van der Waals surface area contributed by atoms with Gasteiger partial charge in [-0.1, -0.05) is 30.6 Å². The first-order valence-corrected chi connectivity index (χ1v) is 11.4. The summed E-state index contributed by atoms with van der Waals surface area (Å²) >= 11 is 0. The number of rotatable bonds is 14. The van der Waals surface area contributed by atoms with Crippen molar-refractivity contribution in [3.63, 3.8) is 0 Å². The van der Waals surface area contributed by atoms with Gasteiger partial charge in [0, 0.05) is 47.5 Å². The summed E-state index contributed by atoms with van der Waals surface area (Å²) in [7, 11) is 7.08. The minimum atomic E-state index is 0.0156. The lowest BCUT2D eigenvalue weighted by Gasteiger charge is -2.13. The molecule has 0 heterocycles. The number of hydrogen-bond acceptors (Lipinski definition) is 4. The van der Waals surface area contributed by atoms with E-state index in [1.807, 2.05) is 0 Å². The largest absolute Gasteiger partial charge is 0.356 e. The van der Waals surface area contributed by atoms with Crippen LogP contribution in [0.15, 0.2) is 0 Å². The van der Waals surface area contributed by atoms with Crippen LogP contribution in [0, 0.1) is 0 Å². The first kappa shape index (κ1) is 19.3. The van der Waals surface area contributed by atoms with Crippen molar-refractivity contribution < 1.29 is 18.9 Å². The van der Waals surface area contributed by atoms with E-state index in [4.69, 9.17) is 18.9 Å². The molecule has 0 unspecified atom stereocenters. The lowest BCUT2D eigenvalue weighted by atomic mass is 10.5. The summed E-state index contributed by atoms with van der Waals surface area (Å²) in [5.74, 6) is 0. The zero-order valence-electron chi connectivity index (χ0n) is 13.2. The topological polar surface area (TPSA) is 36.9 Å². The van der Waals surface area contributed by atoms with Crippen molar-refractivity contribution in [2.45, 2.75) is 56.0 Å². The third kappa shape index (κ3) is 11.8. The average molecular weight is 309 g/mol. The fraction of sp³-hybridized carbons (Fsp3) is 1.00. The standard InChI is InChI=1S/C13H32O4Si2/c1-14-12(15-2)6-10-18-8-5-9-19-11-7-13(16-3)17-4/h12-13H,5-11,18-19H2,1-4H3. The Morgan fingerprint density at radius 3 is 1.32 bits per heavy atom. The highest BCUT2D eigenvalue weighted by Gasteiger charge is 2.05. The van der Waals surface area contributed by atoms with Gasteiger partial charge in [0.15, 0.2) is 12.6 Å². The van der Waals surface area contributed by atoms with Gasteiger partial charge in [-0.25, -0.2) is 0 Å². The monoisotopic (exact) mass is 308 g/mol. The van der Waals surface area contributed by atoms with Crippen molar-refractivity contribution in [1.29, 1.82) is 0 Å². The summed E-state index contributed by atoms with van der Waals surface area (Å²) in [6, 6.07) is 5.63. The molecular weight excluding hydrogens is 276 g/mol. The maximum absolute atomic E-state index is 5.19. The SMILES string of the molecule is COC(CC[SiH2]CCC[SiH2]CCC(OC)OC)OC. The van der Waals surface area contributed by atoms with Crippen LogP contribution in [0.1, 0.15) is 19.3 Å². The van der Waals surface area contributed by atoms with Crippen LogP contribution in [-0.2, 0) is 18.9 Å². The Balaban J connectivity index is 3.19. The summed E-state index contributed by atoms with van der Waals surface area (Å²) in [5, 5.41) is 0. The molecule has 0 fully saturated rings. The highest BCUT2D eigenvalue weighted by molar-refractivity contribution is 6.37. The molecule has 0 N–H and O–H groups in total. The zero-order valence-corrected chi connectivity index (χ0v) is 16.0. The molecule has 0 radical (unpaired) electrons. The van der Waals surface area contributed by atoms with Gasteiger partial charge >= 0.3 is 0 Å². The molecule has 0 aromatic heterocycles. The summed E-state index contributed by atoms with van der Waals surface area (Å²) in [4.78, 5) is 0. The fourth-order valence-corrected chi connectivity index (χ4v) is 6.24. The van der Waals surface area contributed by atoms with E-state index in [0.717, 1.165) is 12.8 Å². The van der Waals surface area contributed by atoms with Crippen LogP contribution < -0.4 is 0 Å². The smallest absolute Gasteiger partial charge is 0.156 e. The second kappa shape index (κ2) is 14.7. The van der Waals surface area contributed by atoms with Crippen LogP contribution in [0.25, 0.3) is 0 Å². The average Bonchev–Trinajstić information content (AvgIpc) is 2.45. The minimum absolute atomic E-state index is 0.0156. The number of methoxy groups -OCH3 is 4. The molecule has 0 aliphatic rings. The van der Waals surface area contributed by atoms with Crippen molar-refractivity contribution in [2.75, 3.05) is 28.4 Å². The highest BCUT2D eigenvalue weighted by atomic mass is 28.2. The lowest BCUT2D eigenvalue weighted by Crippen LogP contribution is -2.13. The Morgan fingerprint density at radius 1 is 0.632 bits per heavy atom. The second-order valence-corrected chi connectivity index (χ2v) is 9.10. The van der Waals surface area contributed by atoms with Gasteiger partial charge in [-0.15, -0.1) is 0 Å². The quantitative estimate of drug-likeness (QED) is 0.276. The summed E-state index contributed by atoms with van der Waals surface area (Å²) in [5.41, 5.74) is 0. The van der Waals surface area contributed by atoms with Gasteiger partial charge in [0.2, 0.25) is 0 Å². The van der Waals surface area contributed by atoms with Crippen LogP contribution in [0.5, 0.6) is 0 Å². The van der Waals surface area contributed by atoms with Crippen molar-refractivity contribution in [3.8, 4) is 0 Å². The van der Waals surface area contributed by atoms with E-state index < -0.39 is 0 Å². The molecular formula is C13H32O4Si2. The molecule has 0 atom stereocenters. The molecule has 4 nitrogen and oxygen atoms in total. The molecule has 0 aliphatic heterocycles. The van der Waals surface area contributed by atoms with Crippen molar-refractivity contribution >= 4 is 19.0 Å². The Labute approximate surface area is 123 Å². The molecule has 0 saturated heterocycles.